The molecule has 0 bridgehead atoms. The predicted octanol–water partition coefficient (Wildman–Crippen LogP) is 4.46. The van der Waals surface area contributed by atoms with Gasteiger partial charge in [0.25, 0.3) is 0 Å². The quantitative estimate of drug-likeness (QED) is 0.807. The van der Waals surface area contributed by atoms with Crippen LogP contribution in [0.1, 0.15) is 30.0 Å². The number of carbonyl (C=O) groups excluding carboxylic acids is 1. The molecule has 30 heavy (non-hydrogen) atoms. The number of carbonyl (C=O) groups is 1. The summed E-state index contributed by atoms with van der Waals surface area (Å²) in [4.78, 5) is 16.9. The average Bonchev–Trinajstić information content (AvgIpc) is 3.21. The molecule has 1 atom stereocenters. The Labute approximate surface area is 176 Å². The smallest absolute Gasteiger partial charge is 0.320 e. The lowest BCUT2D eigenvalue weighted by molar-refractivity contribution is 0.151. The van der Waals surface area contributed by atoms with Crippen molar-refractivity contribution >= 4 is 11.6 Å². The van der Waals surface area contributed by atoms with Gasteiger partial charge >= 0.3 is 6.03 Å². The van der Waals surface area contributed by atoms with E-state index in [1.165, 1.54) is 6.07 Å². The van der Waals surface area contributed by atoms with Gasteiger partial charge in [-0.15, -0.1) is 0 Å². The lowest BCUT2D eigenvalue weighted by atomic mass is 9.98. The van der Waals surface area contributed by atoms with Crippen molar-refractivity contribution in [1.29, 1.82) is 0 Å². The molecule has 2 aromatic carbocycles. The fourth-order valence-corrected chi connectivity index (χ4v) is 4.40. The van der Waals surface area contributed by atoms with Gasteiger partial charge < -0.3 is 15.1 Å². The number of nitrogens with zero attached hydrogens (tertiary/aromatic N) is 2. The summed E-state index contributed by atoms with van der Waals surface area (Å²) in [6, 6.07) is 12.7. The van der Waals surface area contributed by atoms with Crippen molar-refractivity contribution in [2.24, 2.45) is 5.92 Å². The number of rotatable bonds is 4. The number of piperidine rings is 1. The maximum absolute atomic E-state index is 14.4. The highest BCUT2D eigenvalue weighted by atomic mass is 19.1. The third-order valence-electron chi connectivity index (χ3n) is 6.01. The van der Waals surface area contributed by atoms with Gasteiger partial charge in [-0.1, -0.05) is 36.4 Å². The van der Waals surface area contributed by atoms with Crippen molar-refractivity contribution in [3.05, 3.63) is 77.4 Å². The molecule has 2 aromatic rings. The highest BCUT2D eigenvalue weighted by molar-refractivity contribution is 5.82. The van der Waals surface area contributed by atoms with Gasteiger partial charge in [0, 0.05) is 25.7 Å². The molecule has 0 spiro atoms. The van der Waals surface area contributed by atoms with Crippen LogP contribution in [-0.2, 0) is 0 Å². The van der Waals surface area contributed by atoms with Crippen LogP contribution in [-0.4, -0.2) is 49.1 Å². The number of hydrogen-bond acceptors (Lipinski definition) is 2. The zero-order valence-electron chi connectivity index (χ0n) is 17.2. The maximum atomic E-state index is 14.4. The van der Waals surface area contributed by atoms with Crippen molar-refractivity contribution in [2.45, 2.75) is 18.9 Å². The Hall–Kier alpha value is -2.73. The van der Waals surface area contributed by atoms with E-state index in [9.17, 15) is 13.6 Å². The molecule has 4 nitrogen and oxygen atoms in total. The van der Waals surface area contributed by atoms with Crippen LogP contribution in [0.2, 0.25) is 0 Å². The van der Waals surface area contributed by atoms with Crippen LogP contribution in [0, 0.1) is 17.6 Å². The minimum atomic E-state index is -0.489. The van der Waals surface area contributed by atoms with Crippen molar-refractivity contribution < 1.29 is 13.6 Å². The van der Waals surface area contributed by atoms with E-state index in [4.69, 9.17) is 0 Å². The van der Waals surface area contributed by atoms with Crippen LogP contribution >= 0.6 is 0 Å². The normalized spacial score (nSPS) is 19.6. The lowest BCUT2D eigenvalue weighted by Gasteiger charge is -2.33. The van der Waals surface area contributed by atoms with Gasteiger partial charge in [-0.3, -0.25) is 0 Å². The molecule has 0 aliphatic carbocycles. The van der Waals surface area contributed by atoms with Gasteiger partial charge in [0.15, 0.2) is 0 Å². The van der Waals surface area contributed by atoms with Crippen molar-refractivity contribution in [3.63, 3.8) is 0 Å². The first-order valence-corrected chi connectivity index (χ1v) is 10.5. The molecule has 1 fully saturated rings. The standard InChI is InChI=1S/C24H27F2N3O/c1-28(15-17-9-11-27-12-10-17)24(30)29-16-19(21-14-20(25)7-8-22(21)26)13-23(29)18-5-3-2-4-6-18/h2-8,13-14,17,23,27H,9-12,15-16H2,1H3. The van der Waals surface area contributed by atoms with Crippen molar-refractivity contribution in [2.75, 3.05) is 33.2 Å². The van der Waals surface area contributed by atoms with E-state index in [1.54, 1.807) is 9.80 Å². The highest BCUT2D eigenvalue weighted by Gasteiger charge is 2.34. The number of halogens is 2. The summed E-state index contributed by atoms with van der Waals surface area (Å²) in [5.41, 5.74) is 1.80. The van der Waals surface area contributed by atoms with E-state index < -0.39 is 11.6 Å². The molecule has 2 aliphatic heterocycles. The molecule has 2 aliphatic rings. The van der Waals surface area contributed by atoms with Crippen molar-refractivity contribution in [1.82, 2.24) is 15.1 Å². The van der Waals surface area contributed by atoms with Crippen LogP contribution in [0.5, 0.6) is 0 Å². The van der Waals surface area contributed by atoms with E-state index in [0.717, 1.165) is 43.6 Å². The highest BCUT2D eigenvalue weighted by Crippen LogP contribution is 2.36. The van der Waals surface area contributed by atoms with Gasteiger partial charge in [-0.05, 0) is 61.2 Å². The molecule has 0 radical (unpaired) electrons. The Bertz CT molecular complexity index is 925. The Morgan fingerprint density at radius 1 is 1.13 bits per heavy atom. The molecule has 0 saturated carbocycles. The minimum absolute atomic E-state index is 0.0922. The third kappa shape index (κ3) is 4.38. The van der Waals surface area contributed by atoms with Crippen LogP contribution < -0.4 is 5.32 Å². The fraction of sp³-hybridized carbons (Fsp3) is 0.375. The van der Waals surface area contributed by atoms with Gasteiger partial charge in [0.1, 0.15) is 11.6 Å². The molecule has 1 unspecified atom stereocenters. The van der Waals surface area contributed by atoms with Crippen molar-refractivity contribution in [3.8, 4) is 0 Å². The van der Waals surface area contributed by atoms with E-state index in [1.807, 2.05) is 43.5 Å². The van der Waals surface area contributed by atoms with E-state index >= 15 is 0 Å². The number of amides is 2. The second-order valence-corrected chi connectivity index (χ2v) is 8.16. The molecule has 0 aromatic heterocycles. The van der Waals surface area contributed by atoms with Gasteiger partial charge in [-0.2, -0.15) is 0 Å². The van der Waals surface area contributed by atoms with Gasteiger partial charge in [0.2, 0.25) is 0 Å². The molecule has 158 valence electrons. The molecule has 4 rings (SSSR count). The topological polar surface area (TPSA) is 35.6 Å². The number of benzene rings is 2. The second-order valence-electron chi connectivity index (χ2n) is 8.16. The van der Waals surface area contributed by atoms with E-state index in [-0.39, 0.29) is 24.2 Å². The molecular weight excluding hydrogens is 384 g/mol. The minimum Gasteiger partial charge on any atom is -0.327 e. The molecule has 1 N–H and O–H groups in total. The fourth-order valence-electron chi connectivity index (χ4n) is 4.40. The Morgan fingerprint density at radius 3 is 2.60 bits per heavy atom. The summed E-state index contributed by atoms with van der Waals surface area (Å²) in [7, 11) is 1.83. The molecular formula is C24H27F2N3O. The Balaban J connectivity index is 1.59. The predicted molar refractivity (Wildman–Crippen MR) is 114 cm³/mol. The Morgan fingerprint density at radius 2 is 1.87 bits per heavy atom. The second kappa shape index (κ2) is 8.96. The summed E-state index contributed by atoms with van der Waals surface area (Å²) >= 11 is 0. The number of urea groups is 1. The first-order valence-electron chi connectivity index (χ1n) is 10.5. The maximum Gasteiger partial charge on any atom is 0.320 e. The number of hydrogen-bond donors (Lipinski definition) is 1. The van der Waals surface area contributed by atoms with Crippen LogP contribution in [0.3, 0.4) is 0 Å². The summed E-state index contributed by atoms with van der Waals surface area (Å²) < 4.78 is 28.2. The average molecular weight is 411 g/mol. The number of nitrogens with one attached hydrogen (secondary N) is 1. The SMILES string of the molecule is CN(CC1CCNCC1)C(=O)N1CC(c2cc(F)ccc2F)=CC1c1ccccc1. The zero-order valence-corrected chi connectivity index (χ0v) is 17.2. The molecule has 1 saturated heterocycles. The molecule has 6 heteroatoms. The van der Waals surface area contributed by atoms with E-state index in [2.05, 4.69) is 5.32 Å². The largest absolute Gasteiger partial charge is 0.327 e. The Kier molecular flexibility index (Phi) is 6.13. The monoisotopic (exact) mass is 411 g/mol. The van der Waals surface area contributed by atoms with Crippen LogP contribution in [0.4, 0.5) is 13.6 Å². The van der Waals surface area contributed by atoms with Gasteiger partial charge in [-0.25, -0.2) is 13.6 Å². The first-order chi connectivity index (χ1) is 14.5. The molecule has 2 heterocycles. The third-order valence-corrected chi connectivity index (χ3v) is 6.01. The van der Waals surface area contributed by atoms with Crippen LogP contribution in [0.15, 0.2) is 54.6 Å². The first kappa shape index (κ1) is 20.5. The zero-order chi connectivity index (χ0) is 21.1. The van der Waals surface area contributed by atoms with Crippen LogP contribution in [0.25, 0.3) is 5.57 Å². The lowest BCUT2D eigenvalue weighted by Crippen LogP contribution is -2.44. The summed E-state index contributed by atoms with van der Waals surface area (Å²) in [5, 5.41) is 3.35. The summed E-state index contributed by atoms with van der Waals surface area (Å²) in [6.07, 6.45) is 3.99. The summed E-state index contributed by atoms with van der Waals surface area (Å²) in [6.45, 7) is 2.90. The van der Waals surface area contributed by atoms with Gasteiger partial charge in [0.05, 0.1) is 6.04 Å². The van der Waals surface area contributed by atoms with E-state index in [0.29, 0.717) is 18.0 Å². The molecule has 2 amide bonds. The summed E-state index contributed by atoms with van der Waals surface area (Å²) in [5.74, 6) is -0.491.